The van der Waals surface area contributed by atoms with Gasteiger partial charge in [0, 0.05) is 12.3 Å². The highest BCUT2D eigenvalue weighted by molar-refractivity contribution is 5.81. The van der Waals surface area contributed by atoms with E-state index in [0.29, 0.717) is 18.1 Å². The number of allylic oxidation sites excluding steroid dienone is 4. The van der Waals surface area contributed by atoms with Crippen molar-refractivity contribution in [1.29, 1.82) is 0 Å². The highest BCUT2D eigenvalue weighted by atomic mass is 16.1. The summed E-state index contributed by atoms with van der Waals surface area (Å²) in [7, 11) is 0. The number of hydrogen-bond acceptors (Lipinski definition) is 1. The van der Waals surface area contributed by atoms with Crippen LogP contribution in [0.5, 0.6) is 0 Å². The smallest absolute Gasteiger partial charge is 0.136 e. The summed E-state index contributed by atoms with van der Waals surface area (Å²) in [5.41, 5.74) is 2.88. The quantitative estimate of drug-likeness (QED) is 0.631. The molecule has 1 aliphatic carbocycles. The van der Waals surface area contributed by atoms with Gasteiger partial charge in [0.25, 0.3) is 0 Å². The lowest BCUT2D eigenvalue weighted by atomic mass is 9.77. The van der Waals surface area contributed by atoms with Crippen molar-refractivity contribution in [2.24, 2.45) is 11.8 Å². The molecular formula is C16H26O. The van der Waals surface area contributed by atoms with E-state index in [-0.39, 0.29) is 5.92 Å². The zero-order valence-electron chi connectivity index (χ0n) is 11.8. The Morgan fingerprint density at radius 1 is 1.47 bits per heavy atom. The summed E-state index contributed by atoms with van der Waals surface area (Å²) in [6.45, 7) is 8.47. The van der Waals surface area contributed by atoms with Gasteiger partial charge in [-0.25, -0.2) is 0 Å². The second-order valence-corrected chi connectivity index (χ2v) is 5.53. The zero-order chi connectivity index (χ0) is 12.8. The standard InChI is InChI=1S/C16H26O/c1-5-16(17)15-11-14(10-9-13(15)4)8-6-7-12(2)3/h7,10,13,15H,5-6,8-9,11H2,1-4H3. The molecule has 0 aliphatic heterocycles. The molecule has 0 aromatic rings. The molecule has 0 radical (unpaired) electrons. The van der Waals surface area contributed by atoms with Crippen molar-refractivity contribution in [3.05, 3.63) is 23.3 Å². The van der Waals surface area contributed by atoms with Crippen LogP contribution in [-0.2, 0) is 4.79 Å². The van der Waals surface area contributed by atoms with E-state index in [2.05, 4.69) is 32.9 Å². The second kappa shape index (κ2) is 6.78. The highest BCUT2D eigenvalue weighted by Crippen LogP contribution is 2.32. The summed E-state index contributed by atoms with van der Waals surface area (Å²) in [5, 5.41) is 0. The topological polar surface area (TPSA) is 17.1 Å². The van der Waals surface area contributed by atoms with Crippen LogP contribution >= 0.6 is 0 Å². The molecule has 96 valence electrons. The van der Waals surface area contributed by atoms with Crippen molar-refractivity contribution in [3.63, 3.8) is 0 Å². The monoisotopic (exact) mass is 234 g/mol. The first-order valence-corrected chi connectivity index (χ1v) is 6.88. The van der Waals surface area contributed by atoms with Gasteiger partial charge in [-0.2, -0.15) is 0 Å². The number of hydrogen-bond donors (Lipinski definition) is 0. The largest absolute Gasteiger partial charge is 0.299 e. The van der Waals surface area contributed by atoms with Gasteiger partial charge < -0.3 is 0 Å². The summed E-state index contributed by atoms with van der Waals surface area (Å²) in [4.78, 5) is 11.9. The van der Waals surface area contributed by atoms with Crippen molar-refractivity contribution < 1.29 is 4.79 Å². The molecule has 0 amide bonds. The third-order valence-corrected chi connectivity index (χ3v) is 3.73. The summed E-state index contributed by atoms with van der Waals surface area (Å²) >= 11 is 0. The number of carbonyl (C=O) groups excluding carboxylic acids is 1. The minimum Gasteiger partial charge on any atom is -0.299 e. The van der Waals surface area contributed by atoms with Crippen LogP contribution in [0.4, 0.5) is 0 Å². The van der Waals surface area contributed by atoms with E-state index in [1.54, 1.807) is 0 Å². The Morgan fingerprint density at radius 2 is 2.18 bits per heavy atom. The summed E-state index contributed by atoms with van der Waals surface area (Å²) < 4.78 is 0. The lowest BCUT2D eigenvalue weighted by molar-refractivity contribution is -0.124. The normalized spacial score (nSPS) is 24.1. The van der Waals surface area contributed by atoms with E-state index >= 15 is 0 Å². The lowest BCUT2D eigenvalue weighted by Gasteiger charge is -2.27. The van der Waals surface area contributed by atoms with Gasteiger partial charge in [-0.3, -0.25) is 4.79 Å². The molecule has 0 aromatic carbocycles. The van der Waals surface area contributed by atoms with Gasteiger partial charge in [-0.15, -0.1) is 0 Å². The maximum absolute atomic E-state index is 11.9. The molecule has 0 spiro atoms. The fourth-order valence-electron chi connectivity index (χ4n) is 2.53. The molecule has 0 aromatic heterocycles. The van der Waals surface area contributed by atoms with E-state index in [0.717, 1.165) is 25.7 Å². The van der Waals surface area contributed by atoms with E-state index < -0.39 is 0 Å². The second-order valence-electron chi connectivity index (χ2n) is 5.53. The first kappa shape index (κ1) is 14.2. The number of Topliss-reactive ketones (excluding diaryl/α,β-unsaturated/α-hetero) is 1. The van der Waals surface area contributed by atoms with Gasteiger partial charge in [-0.05, 0) is 45.4 Å². The molecule has 0 N–H and O–H groups in total. The maximum Gasteiger partial charge on any atom is 0.136 e. The van der Waals surface area contributed by atoms with Gasteiger partial charge >= 0.3 is 0 Å². The van der Waals surface area contributed by atoms with E-state index in [1.807, 2.05) is 6.92 Å². The Kier molecular flexibility index (Phi) is 5.67. The molecule has 0 fully saturated rings. The van der Waals surface area contributed by atoms with Crippen LogP contribution in [-0.4, -0.2) is 5.78 Å². The molecule has 1 heteroatoms. The molecular weight excluding hydrogens is 208 g/mol. The number of carbonyl (C=O) groups is 1. The Labute approximate surface area is 106 Å². The Morgan fingerprint density at radius 3 is 2.76 bits per heavy atom. The predicted molar refractivity (Wildman–Crippen MR) is 73.9 cm³/mol. The van der Waals surface area contributed by atoms with Crippen LogP contribution in [0.3, 0.4) is 0 Å². The predicted octanol–water partition coefficient (Wildman–Crippen LogP) is 4.68. The maximum atomic E-state index is 11.9. The van der Waals surface area contributed by atoms with Crippen molar-refractivity contribution in [2.75, 3.05) is 0 Å². The third-order valence-electron chi connectivity index (χ3n) is 3.73. The first-order valence-electron chi connectivity index (χ1n) is 6.88. The number of ketones is 1. The Balaban J connectivity index is 2.53. The molecule has 17 heavy (non-hydrogen) atoms. The lowest BCUT2D eigenvalue weighted by Crippen LogP contribution is -2.24. The van der Waals surface area contributed by atoms with E-state index in [4.69, 9.17) is 0 Å². The van der Waals surface area contributed by atoms with Crippen LogP contribution < -0.4 is 0 Å². The molecule has 1 aliphatic rings. The molecule has 1 rings (SSSR count). The van der Waals surface area contributed by atoms with Gasteiger partial charge in [0.2, 0.25) is 0 Å². The van der Waals surface area contributed by atoms with Gasteiger partial charge in [-0.1, -0.05) is 37.1 Å². The van der Waals surface area contributed by atoms with Gasteiger partial charge in [0.1, 0.15) is 5.78 Å². The molecule has 0 saturated carbocycles. The number of rotatable bonds is 5. The minimum absolute atomic E-state index is 0.284. The van der Waals surface area contributed by atoms with Crippen molar-refractivity contribution in [3.8, 4) is 0 Å². The molecule has 2 unspecified atom stereocenters. The van der Waals surface area contributed by atoms with E-state index in [1.165, 1.54) is 11.1 Å². The van der Waals surface area contributed by atoms with Gasteiger partial charge in [0.15, 0.2) is 0 Å². The summed E-state index contributed by atoms with van der Waals surface area (Å²) in [6.07, 6.45) is 9.68. The summed E-state index contributed by atoms with van der Waals surface area (Å²) in [5.74, 6) is 1.27. The molecule has 0 bridgehead atoms. The van der Waals surface area contributed by atoms with Crippen molar-refractivity contribution in [1.82, 2.24) is 0 Å². The van der Waals surface area contributed by atoms with Crippen LogP contribution in [0.15, 0.2) is 23.3 Å². The molecule has 1 nitrogen and oxygen atoms in total. The third kappa shape index (κ3) is 4.49. The molecule has 2 atom stereocenters. The summed E-state index contributed by atoms with van der Waals surface area (Å²) in [6, 6.07) is 0. The molecule has 0 heterocycles. The van der Waals surface area contributed by atoms with Gasteiger partial charge in [0.05, 0.1) is 0 Å². The van der Waals surface area contributed by atoms with Crippen molar-refractivity contribution >= 4 is 5.78 Å². The fourth-order valence-corrected chi connectivity index (χ4v) is 2.53. The fraction of sp³-hybridized carbons (Fsp3) is 0.688. The van der Waals surface area contributed by atoms with Crippen LogP contribution in [0, 0.1) is 11.8 Å². The van der Waals surface area contributed by atoms with Crippen molar-refractivity contribution in [2.45, 2.75) is 59.8 Å². The van der Waals surface area contributed by atoms with E-state index in [9.17, 15) is 4.79 Å². The Hall–Kier alpha value is -0.850. The minimum atomic E-state index is 0.284. The first-order chi connectivity index (χ1) is 8.04. The van der Waals surface area contributed by atoms with Crippen LogP contribution in [0.2, 0.25) is 0 Å². The SMILES string of the molecule is CCC(=O)C1CC(CCC=C(C)C)=CCC1C. The average molecular weight is 234 g/mol. The average Bonchev–Trinajstić information content (AvgIpc) is 2.30. The zero-order valence-corrected chi connectivity index (χ0v) is 11.8. The highest BCUT2D eigenvalue weighted by Gasteiger charge is 2.26. The van der Waals surface area contributed by atoms with Crippen LogP contribution in [0.1, 0.15) is 59.8 Å². The molecule has 0 saturated heterocycles. The van der Waals surface area contributed by atoms with Crippen LogP contribution in [0.25, 0.3) is 0 Å². The Bertz CT molecular complexity index is 318.